The highest BCUT2D eigenvalue weighted by molar-refractivity contribution is 7.99. The molecule has 0 fully saturated rings. The van der Waals surface area contributed by atoms with Crippen molar-refractivity contribution in [2.75, 3.05) is 0 Å². The number of hydrogen-bond donors (Lipinski definition) is 1. The lowest BCUT2D eigenvalue weighted by Crippen LogP contribution is -2.07. The van der Waals surface area contributed by atoms with Crippen LogP contribution in [0, 0.1) is 6.92 Å². The lowest BCUT2D eigenvalue weighted by molar-refractivity contribution is 0.779. The molecule has 0 aliphatic carbocycles. The van der Waals surface area contributed by atoms with Gasteiger partial charge in [-0.1, -0.05) is 35.5 Å². The molecule has 2 nitrogen and oxygen atoms in total. The SMILES string of the molecule is Cc1cccc(Sc2ncccc2C(C)N)c1. The lowest BCUT2D eigenvalue weighted by Gasteiger charge is -2.10. The quantitative estimate of drug-likeness (QED) is 0.897. The van der Waals surface area contributed by atoms with E-state index in [9.17, 15) is 0 Å². The van der Waals surface area contributed by atoms with E-state index in [0.29, 0.717) is 0 Å². The Morgan fingerprint density at radius 3 is 2.76 bits per heavy atom. The Morgan fingerprint density at radius 2 is 2.06 bits per heavy atom. The fourth-order valence-corrected chi connectivity index (χ4v) is 2.73. The zero-order valence-corrected chi connectivity index (χ0v) is 10.9. The fraction of sp³-hybridized carbons (Fsp3) is 0.214. The number of aromatic nitrogens is 1. The number of nitrogens with two attached hydrogens (primary N) is 1. The van der Waals surface area contributed by atoms with Crippen LogP contribution >= 0.6 is 11.8 Å². The zero-order chi connectivity index (χ0) is 12.3. The van der Waals surface area contributed by atoms with Gasteiger partial charge in [0.2, 0.25) is 0 Å². The van der Waals surface area contributed by atoms with Gasteiger partial charge in [0.05, 0.1) is 0 Å². The van der Waals surface area contributed by atoms with E-state index >= 15 is 0 Å². The van der Waals surface area contributed by atoms with Crippen molar-refractivity contribution in [1.29, 1.82) is 0 Å². The molecule has 1 unspecified atom stereocenters. The molecule has 2 rings (SSSR count). The standard InChI is InChI=1S/C14H16N2S/c1-10-5-3-6-12(9-10)17-14-13(11(2)15)7-4-8-16-14/h3-9,11H,15H2,1-2H3. The van der Waals surface area contributed by atoms with E-state index in [1.165, 1.54) is 10.5 Å². The van der Waals surface area contributed by atoms with Gasteiger partial charge in [-0.25, -0.2) is 4.98 Å². The third-order valence-electron chi connectivity index (χ3n) is 2.50. The lowest BCUT2D eigenvalue weighted by atomic mass is 10.2. The second kappa shape index (κ2) is 5.34. The van der Waals surface area contributed by atoms with Crippen molar-refractivity contribution in [1.82, 2.24) is 4.98 Å². The summed E-state index contributed by atoms with van der Waals surface area (Å²) in [6, 6.07) is 12.4. The highest BCUT2D eigenvalue weighted by Crippen LogP contribution is 2.31. The highest BCUT2D eigenvalue weighted by Gasteiger charge is 2.08. The molecule has 0 saturated heterocycles. The van der Waals surface area contributed by atoms with Gasteiger partial charge in [-0.2, -0.15) is 0 Å². The van der Waals surface area contributed by atoms with E-state index in [-0.39, 0.29) is 6.04 Å². The summed E-state index contributed by atoms with van der Waals surface area (Å²) < 4.78 is 0. The van der Waals surface area contributed by atoms with Crippen molar-refractivity contribution in [3.8, 4) is 0 Å². The minimum atomic E-state index is 0.0102. The average Bonchev–Trinajstić information content (AvgIpc) is 2.29. The summed E-state index contributed by atoms with van der Waals surface area (Å²) in [7, 11) is 0. The number of nitrogens with zero attached hydrogens (tertiary/aromatic N) is 1. The van der Waals surface area contributed by atoms with Gasteiger partial charge in [-0.3, -0.25) is 0 Å². The van der Waals surface area contributed by atoms with Crippen molar-refractivity contribution < 1.29 is 0 Å². The zero-order valence-electron chi connectivity index (χ0n) is 10.1. The third-order valence-corrected chi connectivity index (χ3v) is 3.52. The van der Waals surface area contributed by atoms with Gasteiger partial charge in [-0.15, -0.1) is 0 Å². The van der Waals surface area contributed by atoms with E-state index in [1.807, 2.05) is 25.3 Å². The maximum atomic E-state index is 5.94. The molecule has 0 bridgehead atoms. The van der Waals surface area contributed by atoms with Gasteiger partial charge >= 0.3 is 0 Å². The van der Waals surface area contributed by atoms with E-state index in [0.717, 1.165) is 10.6 Å². The van der Waals surface area contributed by atoms with Crippen LogP contribution in [0.15, 0.2) is 52.5 Å². The number of rotatable bonds is 3. The molecule has 1 aromatic heterocycles. The van der Waals surface area contributed by atoms with Crippen molar-refractivity contribution >= 4 is 11.8 Å². The first-order valence-electron chi connectivity index (χ1n) is 5.62. The Bertz CT molecular complexity index is 509. The largest absolute Gasteiger partial charge is 0.324 e. The third kappa shape index (κ3) is 3.08. The van der Waals surface area contributed by atoms with E-state index in [4.69, 9.17) is 5.73 Å². The van der Waals surface area contributed by atoms with Gasteiger partial charge in [0.15, 0.2) is 0 Å². The van der Waals surface area contributed by atoms with Crippen LogP contribution in [0.2, 0.25) is 0 Å². The van der Waals surface area contributed by atoms with Crippen LogP contribution in [0.25, 0.3) is 0 Å². The molecule has 3 heteroatoms. The van der Waals surface area contributed by atoms with E-state index < -0.39 is 0 Å². The molecule has 2 aromatic rings. The first-order chi connectivity index (χ1) is 8.16. The van der Waals surface area contributed by atoms with Crippen LogP contribution in [-0.2, 0) is 0 Å². The molecule has 0 spiro atoms. The van der Waals surface area contributed by atoms with Crippen molar-refractivity contribution in [3.05, 3.63) is 53.7 Å². The van der Waals surface area contributed by atoms with Crippen LogP contribution in [0.3, 0.4) is 0 Å². The Hall–Kier alpha value is -1.32. The van der Waals surface area contributed by atoms with E-state index in [1.54, 1.807) is 11.8 Å². The van der Waals surface area contributed by atoms with Crippen molar-refractivity contribution in [2.45, 2.75) is 29.8 Å². The predicted octanol–water partition coefficient (Wildman–Crippen LogP) is 3.56. The van der Waals surface area contributed by atoms with Gasteiger partial charge in [0.1, 0.15) is 5.03 Å². The van der Waals surface area contributed by atoms with Crippen molar-refractivity contribution in [2.24, 2.45) is 5.73 Å². The second-order valence-corrected chi connectivity index (χ2v) is 5.17. The molecule has 0 radical (unpaired) electrons. The molecule has 2 N–H and O–H groups in total. The Balaban J connectivity index is 2.30. The molecule has 1 atom stereocenters. The molecule has 0 aliphatic heterocycles. The Labute approximate surface area is 106 Å². The molecule has 0 amide bonds. The average molecular weight is 244 g/mol. The molecule has 17 heavy (non-hydrogen) atoms. The summed E-state index contributed by atoms with van der Waals surface area (Å²) in [5.41, 5.74) is 8.30. The van der Waals surface area contributed by atoms with E-state index in [2.05, 4.69) is 36.2 Å². The minimum absolute atomic E-state index is 0.0102. The maximum absolute atomic E-state index is 5.94. The fourth-order valence-electron chi connectivity index (χ4n) is 1.63. The van der Waals surface area contributed by atoms with Gasteiger partial charge in [-0.05, 0) is 32.0 Å². The summed E-state index contributed by atoms with van der Waals surface area (Å²) >= 11 is 1.67. The summed E-state index contributed by atoms with van der Waals surface area (Å²) in [5.74, 6) is 0. The molecule has 1 heterocycles. The van der Waals surface area contributed by atoms with Crippen LogP contribution in [-0.4, -0.2) is 4.98 Å². The van der Waals surface area contributed by atoms with Crippen LogP contribution < -0.4 is 5.73 Å². The minimum Gasteiger partial charge on any atom is -0.324 e. The number of pyridine rings is 1. The monoisotopic (exact) mass is 244 g/mol. The Kier molecular flexibility index (Phi) is 3.82. The smallest absolute Gasteiger partial charge is 0.105 e. The van der Waals surface area contributed by atoms with Crippen LogP contribution in [0.1, 0.15) is 24.1 Å². The molecule has 0 saturated carbocycles. The van der Waals surface area contributed by atoms with Crippen LogP contribution in [0.4, 0.5) is 0 Å². The maximum Gasteiger partial charge on any atom is 0.105 e. The molecular weight excluding hydrogens is 228 g/mol. The van der Waals surface area contributed by atoms with Gasteiger partial charge in [0, 0.05) is 22.7 Å². The highest BCUT2D eigenvalue weighted by atomic mass is 32.2. The summed E-state index contributed by atoms with van der Waals surface area (Å²) in [5, 5.41) is 0.994. The summed E-state index contributed by atoms with van der Waals surface area (Å²) in [6.45, 7) is 4.08. The normalized spacial score (nSPS) is 12.4. The first-order valence-corrected chi connectivity index (χ1v) is 6.43. The molecular formula is C14H16N2S. The second-order valence-electron chi connectivity index (χ2n) is 4.11. The topological polar surface area (TPSA) is 38.9 Å². The number of benzene rings is 1. The molecule has 1 aromatic carbocycles. The number of aryl methyl sites for hydroxylation is 1. The van der Waals surface area contributed by atoms with Crippen LogP contribution in [0.5, 0.6) is 0 Å². The Morgan fingerprint density at radius 1 is 1.24 bits per heavy atom. The van der Waals surface area contributed by atoms with Gasteiger partial charge in [0.25, 0.3) is 0 Å². The number of hydrogen-bond acceptors (Lipinski definition) is 3. The molecule has 0 aliphatic rings. The predicted molar refractivity (Wildman–Crippen MR) is 72.1 cm³/mol. The summed E-state index contributed by atoms with van der Waals surface area (Å²) in [4.78, 5) is 5.61. The first kappa shape index (κ1) is 12.1. The summed E-state index contributed by atoms with van der Waals surface area (Å²) in [6.07, 6.45) is 1.81. The van der Waals surface area contributed by atoms with Gasteiger partial charge < -0.3 is 5.73 Å². The molecule has 88 valence electrons. The van der Waals surface area contributed by atoms with Crippen molar-refractivity contribution in [3.63, 3.8) is 0 Å².